The van der Waals surface area contributed by atoms with Crippen molar-refractivity contribution >= 4 is 27.5 Å². The SMILES string of the molecule is COc1ccc(C(=O)Nc2ccc(OCC3CCCO3)cc2)cc1Br. The second-order valence-corrected chi connectivity index (χ2v) is 6.63. The number of carbonyl (C=O) groups excluding carboxylic acids is 1. The van der Waals surface area contributed by atoms with Crippen LogP contribution in [-0.4, -0.2) is 32.3 Å². The van der Waals surface area contributed by atoms with E-state index in [1.807, 2.05) is 24.3 Å². The van der Waals surface area contributed by atoms with Gasteiger partial charge in [0.25, 0.3) is 5.91 Å². The number of anilines is 1. The average Bonchev–Trinajstić information content (AvgIpc) is 3.14. The van der Waals surface area contributed by atoms with Crippen molar-refractivity contribution in [2.45, 2.75) is 18.9 Å². The molecule has 1 N–H and O–H groups in total. The summed E-state index contributed by atoms with van der Waals surface area (Å²) in [6.45, 7) is 1.38. The van der Waals surface area contributed by atoms with E-state index < -0.39 is 0 Å². The van der Waals surface area contributed by atoms with Crippen molar-refractivity contribution in [1.29, 1.82) is 0 Å². The van der Waals surface area contributed by atoms with Crippen LogP contribution in [0, 0.1) is 0 Å². The molecule has 1 atom stereocenters. The molecule has 25 heavy (non-hydrogen) atoms. The first-order valence-corrected chi connectivity index (χ1v) is 8.94. The first kappa shape index (κ1) is 17.8. The highest BCUT2D eigenvalue weighted by atomic mass is 79.9. The molecule has 2 aromatic carbocycles. The van der Waals surface area contributed by atoms with E-state index in [9.17, 15) is 4.79 Å². The zero-order chi connectivity index (χ0) is 17.6. The van der Waals surface area contributed by atoms with Crippen molar-refractivity contribution in [1.82, 2.24) is 0 Å². The molecule has 1 aliphatic heterocycles. The third-order valence-electron chi connectivity index (χ3n) is 3.99. The van der Waals surface area contributed by atoms with Gasteiger partial charge in [-0.25, -0.2) is 0 Å². The van der Waals surface area contributed by atoms with E-state index in [4.69, 9.17) is 14.2 Å². The van der Waals surface area contributed by atoms with Crippen LogP contribution in [0.1, 0.15) is 23.2 Å². The Morgan fingerprint density at radius 1 is 1.28 bits per heavy atom. The Labute approximate surface area is 155 Å². The van der Waals surface area contributed by atoms with Gasteiger partial charge in [0.05, 0.1) is 17.7 Å². The van der Waals surface area contributed by atoms with Gasteiger partial charge >= 0.3 is 0 Å². The van der Waals surface area contributed by atoms with E-state index in [0.717, 1.165) is 29.7 Å². The van der Waals surface area contributed by atoms with Crippen molar-refractivity contribution in [2.75, 3.05) is 25.6 Å². The number of hydrogen-bond donors (Lipinski definition) is 1. The van der Waals surface area contributed by atoms with E-state index in [2.05, 4.69) is 21.2 Å². The first-order chi connectivity index (χ1) is 12.2. The van der Waals surface area contributed by atoms with E-state index >= 15 is 0 Å². The van der Waals surface area contributed by atoms with E-state index in [0.29, 0.717) is 23.6 Å². The minimum absolute atomic E-state index is 0.184. The van der Waals surface area contributed by atoms with Gasteiger partial charge in [-0.2, -0.15) is 0 Å². The van der Waals surface area contributed by atoms with Crippen molar-refractivity contribution in [3.63, 3.8) is 0 Å². The van der Waals surface area contributed by atoms with Gasteiger partial charge in [0.15, 0.2) is 0 Å². The van der Waals surface area contributed by atoms with Gasteiger partial charge in [-0.1, -0.05) is 0 Å². The molecule has 1 heterocycles. The van der Waals surface area contributed by atoms with Gasteiger partial charge in [-0.05, 0) is 71.2 Å². The molecule has 0 saturated carbocycles. The number of hydrogen-bond acceptors (Lipinski definition) is 4. The lowest BCUT2D eigenvalue weighted by molar-refractivity contribution is 0.0679. The van der Waals surface area contributed by atoms with Gasteiger partial charge in [-0.3, -0.25) is 4.79 Å². The third kappa shape index (κ3) is 4.74. The Hall–Kier alpha value is -2.05. The maximum absolute atomic E-state index is 12.3. The number of halogens is 1. The molecule has 1 fully saturated rings. The van der Waals surface area contributed by atoms with Crippen LogP contribution in [0.5, 0.6) is 11.5 Å². The van der Waals surface area contributed by atoms with Crippen LogP contribution in [0.15, 0.2) is 46.9 Å². The summed E-state index contributed by atoms with van der Waals surface area (Å²) in [6.07, 6.45) is 2.33. The van der Waals surface area contributed by atoms with Crippen LogP contribution < -0.4 is 14.8 Å². The molecule has 6 heteroatoms. The quantitative estimate of drug-likeness (QED) is 0.779. The number of carbonyl (C=O) groups is 1. The Bertz CT molecular complexity index is 727. The highest BCUT2D eigenvalue weighted by Gasteiger charge is 2.16. The molecule has 5 nitrogen and oxygen atoms in total. The summed E-state index contributed by atoms with van der Waals surface area (Å²) in [7, 11) is 1.59. The smallest absolute Gasteiger partial charge is 0.255 e. The molecule has 1 amide bonds. The summed E-state index contributed by atoms with van der Waals surface area (Å²) in [4.78, 5) is 12.3. The van der Waals surface area contributed by atoms with E-state index in [1.165, 1.54) is 0 Å². The van der Waals surface area contributed by atoms with E-state index in [-0.39, 0.29) is 12.0 Å². The number of ether oxygens (including phenoxy) is 3. The monoisotopic (exact) mass is 405 g/mol. The van der Waals surface area contributed by atoms with Crippen LogP contribution in [0.4, 0.5) is 5.69 Å². The Morgan fingerprint density at radius 3 is 2.72 bits per heavy atom. The average molecular weight is 406 g/mol. The normalized spacial score (nSPS) is 16.5. The molecule has 0 spiro atoms. The van der Waals surface area contributed by atoms with Gasteiger partial charge in [-0.15, -0.1) is 0 Å². The molecule has 0 radical (unpaired) electrons. The van der Waals surface area contributed by atoms with Crippen molar-refractivity contribution in [3.05, 3.63) is 52.5 Å². The Balaban J connectivity index is 1.56. The number of amides is 1. The van der Waals surface area contributed by atoms with Crippen LogP contribution in [-0.2, 0) is 4.74 Å². The molecule has 132 valence electrons. The number of benzene rings is 2. The summed E-state index contributed by atoms with van der Waals surface area (Å²) >= 11 is 3.38. The van der Waals surface area contributed by atoms with Gasteiger partial charge < -0.3 is 19.5 Å². The summed E-state index contributed by atoms with van der Waals surface area (Å²) in [5.74, 6) is 1.27. The molecule has 0 aliphatic carbocycles. The second-order valence-electron chi connectivity index (χ2n) is 5.77. The molecule has 1 unspecified atom stereocenters. The lowest BCUT2D eigenvalue weighted by Gasteiger charge is -2.12. The summed E-state index contributed by atoms with van der Waals surface area (Å²) in [6, 6.07) is 12.5. The lowest BCUT2D eigenvalue weighted by Crippen LogP contribution is -2.16. The summed E-state index contributed by atoms with van der Waals surface area (Å²) in [5, 5.41) is 2.87. The fourth-order valence-corrected chi connectivity index (χ4v) is 3.15. The predicted molar refractivity (Wildman–Crippen MR) is 99.6 cm³/mol. The summed E-state index contributed by atoms with van der Waals surface area (Å²) in [5.41, 5.74) is 1.26. The fraction of sp³-hybridized carbons (Fsp3) is 0.316. The molecule has 0 aromatic heterocycles. The Morgan fingerprint density at radius 2 is 2.08 bits per heavy atom. The van der Waals surface area contributed by atoms with Gasteiger partial charge in [0.1, 0.15) is 18.1 Å². The Kier molecular flexibility index (Phi) is 5.94. The number of rotatable bonds is 6. The van der Waals surface area contributed by atoms with Crippen molar-refractivity contribution < 1.29 is 19.0 Å². The molecule has 1 saturated heterocycles. The lowest BCUT2D eigenvalue weighted by atomic mass is 10.2. The van der Waals surface area contributed by atoms with Crippen molar-refractivity contribution in [2.24, 2.45) is 0 Å². The zero-order valence-corrected chi connectivity index (χ0v) is 15.5. The van der Waals surface area contributed by atoms with Crippen molar-refractivity contribution in [3.8, 4) is 11.5 Å². The highest BCUT2D eigenvalue weighted by Crippen LogP contribution is 2.26. The number of nitrogens with one attached hydrogen (secondary N) is 1. The highest BCUT2D eigenvalue weighted by molar-refractivity contribution is 9.10. The van der Waals surface area contributed by atoms with E-state index in [1.54, 1.807) is 25.3 Å². The van der Waals surface area contributed by atoms with Gasteiger partial charge in [0, 0.05) is 17.9 Å². The maximum atomic E-state index is 12.3. The number of methoxy groups -OCH3 is 1. The third-order valence-corrected chi connectivity index (χ3v) is 4.61. The molecule has 1 aliphatic rings. The predicted octanol–water partition coefficient (Wildman–Crippen LogP) is 4.27. The van der Waals surface area contributed by atoms with Gasteiger partial charge in [0.2, 0.25) is 0 Å². The van der Waals surface area contributed by atoms with Crippen LogP contribution in [0.3, 0.4) is 0 Å². The second kappa shape index (κ2) is 8.36. The topological polar surface area (TPSA) is 56.8 Å². The molecule has 2 aromatic rings. The molecule has 3 rings (SSSR count). The van der Waals surface area contributed by atoms with Crippen LogP contribution in [0.2, 0.25) is 0 Å². The zero-order valence-electron chi connectivity index (χ0n) is 14.0. The minimum Gasteiger partial charge on any atom is -0.496 e. The molecular formula is C19H20BrNO4. The largest absolute Gasteiger partial charge is 0.496 e. The molecule has 0 bridgehead atoms. The first-order valence-electron chi connectivity index (χ1n) is 8.15. The standard InChI is InChI=1S/C19H20BrNO4/c1-23-18-9-4-13(11-17(18)20)19(22)21-14-5-7-15(8-6-14)25-12-16-3-2-10-24-16/h4-9,11,16H,2-3,10,12H2,1H3,(H,21,22). The van der Waals surface area contributed by atoms with Crippen LogP contribution >= 0.6 is 15.9 Å². The minimum atomic E-state index is -0.184. The fourth-order valence-electron chi connectivity index (χ4n) is 2.61. The molecular weight excluding hydrogens is 386 g/mol. The maximum Gasteiger partial charge on any atom is 0.255 e. The summed E-state index contributed by atoms with van der Waals surface area (Å²) < 4.78 is 17.2. The van der Waals surface area contributed by atoms with Crippen LogP contribution in [0.25, 0.3) is 0 Å².